The maximum absolute atomic E-state index is 12.6. The Bertz CT molecular complexity index is 932. The minimum Gasteiger partial charge on any atom is -0.326 e. The molecule has 1 heterocycles. The summed E-state index contributed by atoms with van der Waals surface area (Å²) in [6.07, 6.45) is 1.88. The van der Waals surface area contributed by atoms with E-state index in [1.54, 1.807) is 24.3 Å². The predicted octanol–water partition coefficient (Wildman–Crippen LogP) is 5.33. The molecule has 1 aliphatic rings. The quantitative estimate of drug-likeness (QED) is 0.463. The molecule has 0 atom stereocenters. The molecule has 0 bridgehead atoms. The summed E-state index contributed by atoms with van der Waals surface area (Å²) in [7, 11) is 0. The van der Waals surface area contributed by atoms with Crippen LogP contribution in [0.3, 0.4) is 0 Å². The van der Waals surface area contributed by atoms with Gasteiger partial charge >= 0.3 is 0 Å². The number of thioether (sulfide) groups is 1. The fourth-order valence-corrected chi connectivity index (χ4v) is 4.15. The highest BCUT2D eigenvalue weighted by molar-refractivity contribution is 9.10. The fourth-order valence-electron chi connectivity index (χ4n) is 2.40. The third-order valence-corrected chi connectivity index (χ3v) is 6.01. The number of thiocarbonyl (C=S) groups is 1. The molecule has 0 spiro atoms. The molecule has 1 saturated heterocycles. The van der Waals surface area contributed by atoms with Gasteiger partial charge in [-0.25, -0.2) is 0 Å². The van der Waals surface area contributed by atoms with Crippen LogP contribution in [0.25, 0.3) is 6.08 Å². The van der Waals surface area contributed by atoms with Gasteiger partial charge in [-0.05, 0) is 42.0 Å². The normalized spacial score (nSPS) is 15.5. The van der Waals surface area contributed by atoms with Gasteiger partial charge in [-0.1, -0.05) is 69.7 Å². The number of nitrogens with zero attached hydrogens (tertiary/aromatic N) is 1. The number of halogens is 2. The van der Waals surface area contributed by atoms with Crippen molar-refractivity contribution in [3.05, 3.63) is 68.5 Å². The van der Waals surface area contributed by atoms with Gasteiger partial charge in [0.15, 0.2) is 0 Å². The molecule has 0 aliphatic carbocycles. The second-order valence-corrected chi connectivity index (χ2v) is 8.66. The van der Waals surface area contributed by atoms with E-state index in [4.69, 9.17) is 23.8 Å². The molecule has 0 aromatic heterocycles. The Hall–Kier alpha value is -1.67. The lowest BCUT2D eigenvalue weighted by atomic mass is 10.2. The van der Waals surface area contributed by atoms with E-state index in [9.17, 15) is 9.59 Å². The van der Waals surface area contributed by atoms with Gasteiger partial charge < -0.3 is 5.32 Å². The van der Waals surface area contributed by atoms with Crippen LogP contribution < -0.4 is 5.32 Å². The molecule has 1 N–H and O–H groups in total. The Morgan fingerprint density at radius 2 is 1.93 bits per heavy atom. The number of anilines is 1. The van der Waals surface area contributed by atoms with Crippen molar-refractivity contribution in [1.82, 2.24) is 4.90 Å². The predicted molar refractivity (Wildman–Crippen MR) is 119 cm³/mol. The lowest BCUT2D eigenvalue weighted by Crippen LogP contribution is -2.31. The van der Waals surface area contributed by atoms with Crippen LogP contribution in [-0.2, 0) is 9.59 Å². The minimum atomic E-state index is -0.207. The molecule has 27 heavy (non-hydrogen) atoms. The summed E-state index contributed by atoms with van der Waals surface area (Å²) in [5, 5.41) is 3.37. The molecule has 0 saturated carbocycles. The zero-order valence-electron chi connectivity index (χ0n) is 13.9. The van der Waals surface area contributed by atoms with E-state index >= 15 is 0 Å². The Morgan fingerprint density at radius 1 is 1.22 bits per heavy atom. The van der Waals surface area contributed by atoms with E-state index in [-0.39, 0.29) is 24.8 Å². The van der Waals surface area contributed by atoms with Crippen LogP contribution in [0.1, 0.15) is 12.0 Å². The Balaban J connectivity index is 1.61. The SMILES string of the molecule is O=C(CCN1C(=O)/C(=C/c2ccccc2Cl)SC1=S)Nc1ccc(Br)cc1. The topological polar surface area (TPSA) is 49.4 Å². The van der Waals surface area contributed by atoms with Gasteiger partial charge in [-0.15, -0.1) is 0 Å². The molecule has 2 amide bonds. The summed E-state index contributed by atoms with van der Waals surface area (Å²) in [5.74, 6) is -0.386. The Labute approximate surface area is 180 Å². The second-order valence-electron chi connectivity index (χ2n) is 5.66. The van der Waals surface area contributed by atoms with Gasteiger partial charge in [0.25, 0.3) is 5.91 Å². The van der Waals surface area contributed by atoms with E-state index in [2.05, 4.69) is 21.2 Å². The zero-order chi connectivity index (χ0) is 19.4. The molecule has 0 radical (unpaired) electrons. The highest BCUT2D eigenvalue weighted by Gasteiger charge is 2.32. The standard InChI is InChI=1S/C19H14BrClN2O2S2/c20-13-5-7-14(8-6-13)22-17(24)9-10-23-18(25)16(27-19(23)26)11-12-3-1-2-4-15(12)21/h1-8,11H,9-10H2,(H,22,24)/b16-11-. The molecule has 4 nitrogen and oxygen atoms in total. The van der Waals surface area contributed by atoms with Crippen molar-refractivity contribution in [2.45, 2.75) is 6.42 Å². The molecule has 1 fully saturated rings. The molecule has 8 heteroatoms. The number of rotatable bonds is 5. The molecular formula is C19H14BrClN2O2S2. The van der Waals surface area contributed by atoms with Crippen molar-refractivity contribution < 1.29 is 9.59 Å². The van der Waals surface area contributed by atoms with E-state index in [1.165, 1.54) is 16.7 Å². The van der Waals surface area contributed by atoms with Gasteiger partial charge in [-0.3, -0.25) is 14.5 Å². The van der Waals surface area contributed by atoms with Gasteiger partial charge in [0.1, 0.15) is 4.32 Å². The number of benzene rings is 2. The molecule has 3 rings (SSSR count). The van der Waals surface area contributed by atoms with E-state index in [0.717, 1.165) is 10.0 Å². The average Bonchev–Trinajstić information content (AvgIpc) is 2.90. The van der Waals surface area contributed by atoms with Crippen LogP contribution in [0.5, 0.6) is 0 Å². The van der Waals surface area contributed by atoms with Crippen LogP contribution in [-0.4, -0.2) is 27.6 Å². The monoisotopic (exact) mass is 480 g/mol. The second kappa shape index (κ2) is 9.01. The summed E-state index contributed by atoms with van der Waals surface area (Å²) in [6.45, 7) is 0.229. The number of carbonyl (C=O) groups excluding carboxylic acids is 2. The van der Waals surface area contributed by atoms with Crippen molar-refractivity contribution in [3.63, 3.8) is 0 Å². The van der Waals surface area contributed by atoms with Gasteiger partial charge in [0.05, 0.1) is 4.91 Å². The van der Waals surface area contributed by atoms with Crippen molar-refractivity contribution >= 4 is 79.4 Å². The molecule has 138 valence electrons. The average molecular weight is 482 g/mol. The molecule has 1 aliphatic heterocycles. The summed E-state index contributed by atoms with van der Waals surface area (Å²) < 4.78 is 1.37. The first-order valence-electron chi connectivity index (χ1n) is 7.99. The van der Waals surface area contributed by atoms with E-state index in [1.807, 2.05) is 30.3 Å². The van der Waals surface area contributed by atoms with Crippen LogP contribution in [0.4, 0.5) is 5.69 Å². The van der Waals surface area contributed by atoms with Crippen LogP contribution in [0.15, 0.2) is 57.9 Å². The van der Waals surface area contributed by atoms with Crippen molar-refractivity contribution in [2.24, 2.45) is 0 Å². The highest BCUT2D eigenvalue weighted by atomic mass is 79.9. The number of hydrogen-bond acceptors (Lipinski definition) is 4. The lowest BCUT2D eigenvalue weighted by Gasteiger charge is -2.14. The van der Waals surface area contributed by atoms with Gasteiger partial charge in [0, 0.05) is 28.1 Å². The van der Waals surface area contributed by atoms with Crippen LogP contribution in [0, 0.1) is 0 Å². The smallest absolute Gasteiger partial charge is 0.266 e. The molecule has 0 unspecified atom stereocenters. The summed E-state index contributed by atoms with van der Waals surface area (Å²) in [4.78, 5) is 26.7. The summed E-state index contributed by atoms with van der Waals surface area (Å²) >= 11 is 16.0. The summed E-state index contributed by atoms with van der Waals surface area (Å²) in [6, 6.07) is 14.6. The van der Waals surface area contributed by atoms with E-state index < -0.39 is 0 Å². The number of amides is 2. The van der Waals surface area contributed by atoms with Crippen LogP contribution in [0.2, 0.25) is 5.02 Å². The number of nitrogens with one attached hydrogen (secondary N) is 1. The van der Waals surface area contributed by atoms with Crippen molar-refractivity contribution in [1.29, 1.82) is 0 Å². The molecule has 2 aromatic rings. The maximum Gasteiger partial charge on any atom is 0.266 e. The maximum atomic E-state index is 12.6. The first-order chi connectivity index (χ1) is 12.9. The van der Waals surface area contributed by atoms with Gasteiger partial charge in [-0.2, -0.15) is 0 Å². The minimum absolute atomic E-state index is 0.155. The number of carbonyl (C=O) groups is 2. The van der Waals surface area contributed by atoms with Crippen molar-refractivity contribution in [3.8, 4) is 0 Å². The first-order valence-corrected chi connectivity index (χ1v) is 10.4. The third kappa shape index (κ3) is 5.19. The van der Waals surface area contributed by atoms with E-state index in [0.29, 0.717) is 19.9 Å². The molecule has 2 aromatic carbocycles. The van der Waals surface area contributed by atoms with Crippen molar-refractivity contribution in [2.75, 3.05) is 11.9 Å². The summed E-state index contributed by atoms with van der Waals surface area (Å²) in [5.41, 5.74) is 1.46. The van der Waals surface area contributed by atoms with Crippen LogP contribution >= 0.6 is 51.5 Å². The lowest BCUT2D eigenvalue weighted by molar-refractivity contribution is -0.122. The highest BCUT2D eigenvalue weighted by Crippen LogP contribution is 2.33. The number of hydrogen-bond donors (Lipinski definition) is 1. The Kier molecular flexibility index (Phi) is 6.70. The first kappa shape index (κ1) is 20.1. The third-order valence-electron chi connectivity index (χ3n) is 3.76. The zero-order valence-corrected chi connectivity index (χ0v) is 17.9. The fraction of sp³-hybridized carbons (Fsp3) is 0.105. The largest absolute Gasteiger partial charge is 0.326 e. The van der Waals surface area contributed by atoms with Gasteiger partial charge in [0.2, 0.25) is 5.91 Å². The molecular weight excluding hydrogens is 468 g/mol. The Morgan fingerprint density at radius 3 is 2.63 bits per heavy atom.